The Morgan fingerprint density at radius 1 is 1.22 bits per heavy atom. The zero-order valence-corrected chi connectivity index (χ0v) is 13.2. The fraction of sp³-hybridized carbons (Fsp3) is 0.278. The van der Waals surface area contributed by atoms with Crippen molar-refractivity contribution in [3.8, 4) is 0 Å². The number of hydrogen-bond acceptors (Lipinski definition) is 3. The molecule has 3 rings (SSSR count). The molecule has 0 bridgehead atoms. The molecule has 23 heavy (non-hydrogen) atoms. The third-order valence-corrected chi connectivity index (χ3v) is 3.93. The highest BCUT2D eigenvalue weighted by molar-refractivity contribution is 6.03. The first-order valence-electron chi connectivity index (χ1n) is 7.63. The highest BCUT2D eigenvalue weighted by Gasteiger charge is 2.35. The zero-order valence-electron chi connectivity index (χ0n) is 13.2. The van der Waals surface area contributed by atoms with Gasteiger partial charge >= 0.3 is 0 Å². The maximum absolute atomic E-state index is 12.3. The Balaban J connectivity index is 1.73. The minimum atomic E-state index is -0.356. The summed E-state index contributed by atoms with van der Waals surface area (Å²) >= 11 is 0. The first kappa shape index (κ1) is 15.2. The number of nitrogens with one attached hydrogen (secondary N) is 1. The summed E-state index contributed by atoms with van der Waals surface area (Å²) in [6, 6.07) is 11.3. The van der Waals surface area contributed by atoms with E-state index in [0.717, 1.165) is 16.8 Å². The van der Waals surface area contributed by atoms with Gasteiger partial charge in [-0.05, 0) is 49.2 Å². The predicted molar refractivity (Wildman–Crippen MR) is 89.2 cm³/mol. The molecule has 0 aliphatic carbocycles. The topological polar surface area (TPSA) is 62.3 Å². The normalized spacial score (nSPS) is 17.4. The van der Waals surface area contributed by atoms with Crippen molar-refractivity contribution in [3.05, 3.63) is 53.7 Å². The van der Waals surface area contributed by atoms with Gasteiger partial charge in [-0.3, -0.25) is 9.59 Å². The van der Waals surface area contributed by atoms with Crippen molar-refractivity contribution in [1.82, 2.24) is 4.98 Å². The Morgan fingerprint density at radius 3 is 2.61 bits per heavy atom. The number of carbonyl (C=O) groups excluding carboxylic acids is 2. The fourth-order valence-corrected chi connectivity index (χ4v) is 2.90. The number of nitrogens with zero attached hydrogens (tertiary/aromatic N) is 2. The molecule has 1 unspecified atom stereocenters. The van der Waals surface area contributed by atoms with E-state index in [4.69, 9.17) is 0 Å². The Labute approximate surface area is 135 Å². The average molecular weight is 309 g/mol. The number of anilines is 2. The molecule has 1 aromatic heterocycles. The molecule has 2 heterocycles. The van der Waals surface area contributed by atoms with Crippen molar-refractivity contribution in [2.45, 2.75) is 20.3 Å². The third kappa shape index (κ3) is 3.39. The van der Waals surface area contributed by atoms with Crippen LogP contribution in [-0.2, 0) is 9.59 Å². The molecule has 0 saturated carbocycles. The van der Waals surface area contributed by atoms with Gasteiger partial charge in [0.2, 0.25) is 11.8 Å². The highest BCUT2D eigenvalue weighted by Crippen LogP contribution is 2.27. The van der Waals surface area contributed by atoms with Crippen LogP contribution in [-0.4, -0.2) is 23.3 Å². The first-order valence-corrected chi connectivity index (χ1v) is 7.63. The van der Waals surface area contributed by atoms with E-state index in [-0.39, 0.29) is 24.2 Å². The second-order valence-electron chi connectivity index (χ2n) is 5.96. The lowest BCUT2D eigenvalue weighted by molar-refractivity contribution is -0.122. The molecular formula is C18H19N3O2. The number of benzene rings is 1. The third-order valence-electron chi connectivity index (χ3n) is 3.93. The largest absolute Gasteiger partial charge is 0.312 e. The highest BCUT2D eigenvalue weighted by atomic mass is 16.2. The molecule has 1 N–H and O–H groups in total. The van der Waals surface area contributed by atoms with Crippen LogP contribution in [0.4, 0.5) is 11.5 Å². The van der Waals surface area contributed by atoms with Gasteiger partial charge in [0.1, 0.15) is 5.82 Å². The molecule has 1 atom stereocenters. The van der Waals surface area contributed by atoms with Crippen LogP contribution in [0.5, 0.6) is 0 Å². The lowest BCUT2D eigenvalue weighted by Gasteiger charge is -2.18. The second-order valence-corrected chi connectivity index (χ2v) is 5.96. The number of aromatic nitrogens is 1. The van der Waals surface area contributed by atoms with E-state index in [1.54, 1.807) is 23.2 Å². The Kier molecular flexibility index (Phi) is 4.10. The molecule has 2 amide bonds. The van der Waals surface area contributed by atoms with E-state index in [9.17, 15) is 9.59 Å². The average Bonchev–Trinajstić information content (AvgIpc) is 2.89. The van der Waals surface area contributed by atoms with Crippen LogP contribution in [0.1, 0.15) is 17.5 Å². The molecule has 0 radical (unpaired) electrons. The molecule has 1 fully saturated rings. The molecule has 1 aliphatic rings. The first-order chi connectivity index (χ1) is 11.0. The van der Waals surface area contributed by atoms with E-state index in [1.807, 2.05) is 32.0 Å². The monoisotopic (exact) mass is 309 g/mol. The van der Waals surface area contributed by atoms with E-state index >= 15 is 0 Å². The van der Waals surface area contributed by atoms with Crippen molar-refractivity contribution in [3.63, 3.8) is 0 Å². The van der Waals surface area contributed by atoms with Gasteiger partial charge in [-0.15, -0.1) is 0 Å². The Morgan fingerprint density at radius 2 is 1.96 bits per heavy atom. The quantitative estimate of drug-likeness (QED) is 0.948. The number of pyridine rings is 1. The summed E-state index contributed by atoms with van der Waals surface area (Å²) in [7, 11) is 0. The summed E-state index contributed by atoms with van der Waals surface area (Å²) in [5.41, 5.74) is 3.07. The standard InChI is InChI=1S/C18H19N3O2/c1-12-7-13(2)9-15(8-12)21-11-14(10-17(21)22)18(23)20-16-5-3-4-6-19-16/h3-9,14H,10-11H2,1-2H3,(H,19,20,23). The van der Waals surface area contributed by atoms with Crippen LogP contribution in [0.2, 0.25) is 0 Å². The van der Waals surface area contributed by atoms with E-state index in [2.05, 4.69) is 16.4 Å². The van der Waals surface area contributed by atoms with Crippen LogP contribution in [0.25, 0.3) is 0 Å². The Hall–Kier alpha value is -2.69. The van der Waals surface area contributed by atoms with Crippen LogP contribution in [0.15, 0.2) is 42.6 Å². The summed E-state index contributed by atoms with van der Waals surface area (Å²) in [5, 5.41) is 2.77. The summed E-state index contributed by atoms with van der Waals surface area (Å²) in [4.78, 5) is 30.4. The maximum Gasteiger partial charge on any atom is 0.230 e. The molecule has 0 spiro atoms. The molecular weight excluding hydrogens is 290 g/mol. The lowest BCUT2D eigenvalue weighted by atomic mass is 10.1. The number of carbonyl (C=O) groups is 2. The number of aryl methyl sites for hydroxylation is 2. The molecule has 1 aromatic carbocycles. The van der Waals surface area contributed by atoms with Crippen LogP contribution in [0, 0.1) is 19.8 Å². The van der Waals surface area contributed by atoms with Gasteiger partial charge in [0, 0.05) is 24.8 Å². The van der Waals surface area contributed by atoms with E-state index in [1.165, 1.54) is 0 Å². The number of hydrogen-bond donors (Lipinski definition) is 1. The van der Waals surface area contributed by atoms with Gasteiger partial charge in [0.05, 0.1) is 5.92 Å². The molecule has 1 aliphatic heterocycles. The second kappa shape index (κ2) is 6.20. The van der Waals surface area contributed by atoms with Crippen molar-refractivity contribution in [1.29, 1.82) is 0 Å². The van der Waals surface area contributed by atoms with Crippen molar-refractivity contribution < 1.29 is 9.59 Å². The van der Waals surface area contributed by atoms with Crippen molar-refractivity contribution in [2.24, 2.45) is 5.92 Å². The summed E-state index contributed by atoms with van der Waals surface area (Å²) < 4.78 is 0. The van der Waals surface area contributed by atoms with Gasteiger partial charge in [-0.2, -0.15) is 0 Å². The van der Waals surface area contributed by atoms with Crippen molar-refractivity contribution in [2.75, 3.05) is 16.8 Å². The van der Waals surface area contributed by atoms with Gasteiger partial charge < -0.3 is 10.2 Å². The zero-order chi connectivity index (χ0) is 16.4. The Bertz CT molecular complexity index is 723. The van der Waals surface area contributed by atoms with Crippen molar-refractivity contribution >= 4 is 23.3 Å². The number of rotatable bonds is 3. The summed E-state index contributed by atoms with van der Waals surface area (Å²) in [6.07, 6.45) is 1.85. The van der Waals surface area contributed by atoms with Crippen LogP contribution >= 0.6 is 0 Å². The molecule has 5 heteroatoms. The van der Waals surface area contributed by atoms with Gasteiger partial charge in [0.15, 0.2) is 0 Å². The van der Waals surface area contributed by atoms with Gasteiger partial charge in [-0.25, -0.2) is 4.98 Å². The van der Waals surface area contributed by atoms with Gasteiger partial charge in [0.25, 0.3) is 0 Å². The molecule has 5 nitrogen and oxygen atoms in total. The molecule has 2 aromatic rings. The molecule has 118 valence electrons. The van der Waals surface area contributed by atoms with Crippen LogP contribution in [0.3, 0.4) is 0 Å². The minimum absolute atomic E-state index is 0.0174. The van der Waals surface area contributed by atoms with Crippen LogP contribution < -0.4 is 10.2 Å². The summed E-state index contributed by atoms with van der Waals surface area (Å²) in [6.45, 7) is 4.41. The fourth-order valence-electron chi connectivity index (χ4n) is 2.90. The lowest BCUT2D eigenvalue weighted by Crippen LogP contribution is -2.28. The minimum Gasteiger partial charge on any atom is -0.312 e. The SMILES string of the molecule is Cc1cc(C)cc(N2CC(C(=O)Nc3ccccn3)CC2=O)c1. The summed E-state index contributed by atoms with van der Waals surface area (Å²) in [5.74, 6) is -0.0276. The number of amides is 2. The van der Waals surface area contributed by atoms with E-state index in [0.29, 0.717) is 12.4 Å². The van der Waals surface area contributed by atoms with Gasteiger partial charge in [-0.1, -0.05) is 12.1 Å². The van der Waals surface area contributed by atoms with E-state index < -0.39 is 0 Å². The smallest absolute Gasteiger partial charge is 0.230 e. The maximum atomic E-state index is 12.3. The predicted octanol–water partition coefficient (Wildman–Crippen LogP) is 2.69. The molecule has 1 saturated heterocycles.